The Morgan fingerprint density at radius 2 is 2.25 bits per heavy atom. The molecule has 1 fully saturated rings. The third kappa shape index (κ3) is 1.25. The van der Waals surface area contributed by atoms with Crippen molar-refractivity contribution in [2.24, 2.45) is 0 Å². The van der Waals surface area contributed by atoms with E-state index >= 15 is 0 Å². The average Bonchev–Trinajstić information content (AvgIpc) is 2.85. The van der Waals surface area contributed by atoms with E-state index in [1.807, 2.05) is 0 Å². The van der Waals surface area contributed by atoms with Gasteiger partial charge in [-0.05, 0) is 0 Å². The summed E-state index contributed by atoms with van der Waals surface area (Å²) in [4.78, 5) is 5.13. The van der Waals surface area contributed by atoms with Crippen molar-refractivity contribution in [2.45, 2.75) is 6.10 Å². The van der Waals surface area contributed by atoms with E-state index in [0.717, 1.165) is 11.5 Å². The minimum atomic E-state index is 0.182. The van der Waals surface area contributed by atoms with Crippen LogP contribution in [0.1, 0.15) is 11.0 Å². The molecule has 0 aliphatic carbocycles. The summed E-state index contributed by atoms with van der Waals surface area (Å²) in [5.74, 6) is 0.624. The molecule has 1 atom stereocenters. The zero-order valence-corrected chi connectivity index (χ0v) is 7.68. The number of hydrogen-bond acceptors (Lipinski definition) is 5. The van der Waals surface area contributed by atoms with Crippen LogP contribution in [0.4, 0.5) is 0 Å². The molecule has 0 bridgehead atoms. The van der Waals surface area contributed by atoms with Crippen molar-refractivity contribution in [3.05, 3.63) is 4.88 Å². The third-order valence-corrected chi connectivity index (χ3v) is 2.68. The van der Waals surface area contributed by atoms with Gasteiger partial charge in [-0.25, -0.2) is 0 Å². The molecule has 1 aromatic rings. The van der Waals surface area contributed by atoms with Gasteiger partial charge in [-0.15, -0.1) is 0 Å². The standard InChI is InChI=1S/C7H9NO3S/c1-9-6-5(4-3-11-4)12-7(8-6)10-2/h4H,3H2,1-2H3. The van der Waals surface area contributed by atoms with Crippen LogP contribution in [0.2, 0.25) is 0 Å². The first-order valence-electron chi connectivity index (χ1n) is 3.55. The van der Waals surface area contributed by atoms with Gasteiger partial charge in [-0.3, -0.25) is 0 Å². The van der Waals surface area contributed by atoms with Crippen LogP contribution in [0, 0.1) is 0 Å². The van der Waals surface area contributed by atoms with Crippen molar-refractivity contribution in [3.63, 3.8) is 0 Å². The van der Waals surface area contributed by atoms with Gasteiger partial charge in [0.15, 0.2) is 0 Å². The minimum Gasteiger partial charge on any atom is -0.480 e. The van der Waals surface area contributed by atoms with Crippen molar-refractivity contribution < 1.29 is 14.2 Å². The molecule has 0 N–H and O–H groups in total. The number of hydrogen-bond donors (Lipinski definition) is 0. The lowest BCUT2D eigenvalue weighted by atomic mass is 10.4. The Balaban J connectivity index is 2.29. The van der Waals surface area contributed by atoms with Gasteiger partial charge in [0.05, 0.1) is 20.8 Å². The smallest absolute Gasteiger partial charge is 0.276 e. The van der Waals surface area contributed by atoms with Gasteiger partial charge in [0, 0.05) is 0 Å². The summed E-state index contributed by atoms with van der Waals surface area (Å²) in [6.07, 6.45) is 0.182. The quantitative estimate of drug-likeness (QED) is 0.667. The number of ether oxygens (including phenoxy) is 3. The number of methoxy groups -OCH3 is 2. The predicted molar refractivity (Wildman–Crippen MR) is 43.9 cm³/mol. The summed E-state index contributed by atoms with van der Waals surface area (Å²) >= 11 is 1.47. The second-order valence-electron chi connectivity index (χ2n) is 2.38. The highest BCUT2D eigenvalue weighted by Gasteiger charge is 2.31. The van der Waals surface area contributed by atoms with Gasteiger partial charge in [-0.1, -0.05) is 11.3 Å². The van der Waals surface area contributed by atoms with Crippen molar-refractivity contribution in [1.82, 2.24) is 4.98 Å². The van der Waals surface area contributed by atoms with Gasteiger partial charge >= 0.3 is 0 Å². The van der Waals surface area contributed by atoms with E-state index in [1.165, 1.54) is 11.3 Å². The molecule has 1 aliphatic heterocycles. The van der Waals surface area contributed by atoms with Crippen molar-refractivity contribution >= 4 is 11.3 Å². The summed E-state index contributed by atoms with van der Waals surface area (Å²) in [5, 5.41) is 0.623. The third-order valence-electron chi connectivity index (χ3n) is 1.59. The molecule has 0 saturated carbocycles. The molecule has 4 nitrogen and oxygen atoms in total. The van der Waals surface area contributed by atoms with Gasteiger partial charge in [-0.2, -0.15) is 4.98 Å². The van der Waals surface area contributed by atoms with E-state index in [2.05, 4.69) is 4.98 Å². The molecular formula is C7H9NO3S. The Labute approximate surface area is 74.1 Å². The van der Waals surface area contributed by atoms with Crippen LogP contribution in [0.15, 0.2) is 0 Å². The molecule has 0 aromatic carbocycles. The largest absolute Gasteiger partial charge is 0.480 e. The first-order valence-corrected chi connectivity index (χ1v) is 4.37. The van der Waals surface area contributed by atoms with E-state index in [4.69, 9.17) is 14.2 Å². The number of rotatable bonds is 3. The van der Waals surface area contributed by atoms with Crippen molar-refractivity contribution in [2.75, 3.05) is 20.8 Å². The lowest BCUT2D eigenvalue weighted by Crippen LogP contribution is -1.87. The molecule has 0 spiro atoms. The second-order valence-corrected chi connectivity index (χ2v) is 3.37. The molecule has 12 heavy (non-hydrogen) atoms. The summed E-state index contributed by atoms with van der Waals surface area (Å²) in [7, 11) is 3.19. The molecule has 0 amide bonds. The second kappa shape index (κ2) is 2.91. The molecule has 1 aliphatic rings. The zero-order chi connectivity index (χ0) is 8.55. The van der Waals surface area contributed by atoms with Crippen LogP contribution in [0.25, 0.3) is 0 Å². The Hall–Kier alpha value is -0.810. The Bertz CT molecular complexity index is 282. The van der Waals surface area contributed by atoms with Crippen LogP contribution in [0.3, 0.4) is 0 Å². The highest BCUT2D eigenvalue weighted by molar-refractivity contribution is 7.13. The Morgan fingerprint density at radius 1 is 1.50 bits per heavy atom. The SMILES string of the molecule is COc1nc(OC)c(C2CO2)s1. The van der Waals surface area contributed by atoms with E-state index in [9.17, 15) is 0 Å². The maximum Gasteiger partial charge on any atom is 0.276 e. The predicted octanol–water partition coefficient (Wildman–Crippen LogP) is 1.23. The van der Waals surface area contributed by atoms with Gasteiger partial charge in [0.1, 0.15) is 11.0 Å². The minimum absolute atomic E-state index is 0.182. The first kappa shape index (κ1) is 7.82. The van der Waals surface area contributed by atoms with E-state index in [0.29, 0.717) is 11.1 Å². The van der Waals surface area contributed by atoms with Crippen LogP contribution in [0.5, 0.6) is 11.1 Å². The normalized spacial score (nSPS) is 20.7. The van der Waals surface area contributed by atoms with Crippen LogP contribution >= 0.6 is 11.3 Å². The van der Waals surface area contributed by atoms with E-state index in [1.54, 1.807) is 14.2 Å². The lowest BCUT2D eigenvalue weighted by Gasteiger charge is -1.93. The number of aromatic nitrogens is 1. The molecular weight excluding hydrogens is 178 g/mol. The molecule has 1 aromatic heterocycles. The monoisotopic (exact) mass is 187 g/mol. The van der Waals surface area contributed by atoms with Crippen molar-refractivity contribution in [3.8, 4) is 11.1 Å². The summed E-state index contributed by atoms with van der Waals surface area (Å²) in [5.41, 5.74) is 0. The van der Waals surface area contributed by atoms with Gasteiger partial charge in [0.25, 0.3) is 5.19 Å². The Kier molecular flexibility index (Phi) is 1.90. The fraction of sp³-hybridized carbons (Fsp3) is 0.571. The van der Waals surface area contributed by atoms with Crippen LogP contribution in [-0.2, 0) is 4.74 Å². The molecule has 1 saturated heterocycles. The van der Waals surface area contributed by atoms with Gasteiger partial charge in [0.2, 0.25) is 5.88 Å². The molecule has 66 valence electrons. The van der Waals surface area contributed by atoms with Crippen LogP contribution < -0.4 is 9.47 Å². The topological polar surface area (TPSA) is 43.9 Å². The lowest BCUT2D eigenvalue weighted by molar-refractivity contribution is 0.366. The number of nitrogens with zero attached hydrogens (tertiary/aromatic N) is 1. The number of thiazole rings is 1. The van der Waals surface area contributed by atoms with Crippen molar-refractivity contribution in [1.29, 1.82) is 0 Å². The average molecular weight is 187 g/mol. The van der Waals surface area contributed by atoms with Gasteiger partial charge < -0.3 is 14.2 Å². The molecule has 0 radical (unpaired) electrons. The van der Waals surface area contributed by atoms with E-state index in [-0.39, 0.29) is 6.10 Å². The zero-order valence-electron chi connectivity index (χ0n) is 6.86. The highest BCUT2D eigenvalue weighted by atomic mass is 32.1. The molecule has 2 rings (SSSR count). The maximum atomic E-state index is 5.13. The molecule has 5 heteroatoms. The molecule has 2 heterocycles. The Morgan fingerprint density at radius 3 is 2.75 bits per heavy atom. The maximum absolute atomic E-state index is 5.13. The summed E-state index contributed by atoms with van der Waals surface area (Å²) in [6.45, 7) is 0.766. The fourth-order valence-corrected chi connectivity index (χ4v) is 1.82. The highest BCUT2D eigenvalue weighted by Crippen LogP contribution is 2.42. The first-order chi connectivity index (χ1) is 5.85. The summed E-state index contributed by atoms with van der Waals surface area (Å²) in [6, 6.07) is 0. The van der Waals surface area contributed by atoms with Crippen LogP contribution in [-0.4, -0.2) is 25.8 Å². The summed E-state index contributed by atoms with van der Waals surface area (Å²) < 4.78 is 15.2. The number of epoxide rings is 1. The molecule has 1 unspecified atom stereocenters. The fourth-order valence-electron chi connectivity index (χ4n) is 0.935. The van der Waals surface area contributed by atoms with E-state index < -0.39 is 0 Å².